The largest absolute Gasteiger partial charge is 0.416 e. The van der Waals surface area contributed by atoms with Crippen LogP contribution in [-0.4, -0.2) is 32.6 Å². The molecule has 13 heteroatoms. The average Bonchev–Trinajstić information content (AvgIpc) is 3.79. The van der Waals surface area contributed by atoms with Gasteiger partial charge in [0, 0.05) is 16.9 Å². The number of carbonyl (C=O) groups is 2. The van der Waals surface area contributed by atoms with Crippen LogP contribution in [-0.2, 0) is 12.7 Å². The number of carbonyl (C=O) groups excluding carboxylic acids is 2. The topological polar surface area (TPSA) is 116 Å². The molecule has 0 aliphatic heterocycles. The number of amides is 3. The maximum Gasteiger partial charge on any atom is 0.416 e. The summed E-state index contributed by atoms with van der Waals surface area (Å²) in [6, 6.07) is 18.8. The minimum Gasteiger partial charge on any atom is -0.307 e. The number of rotatable bonds is 8. The maximum absolute atomic E-state index is 13.9. The van der Waals surface area contributed by atoms with E-state index in [9.17, 15) is 22.8 Å². The predicted octanol–water partition coefficient (Wildman–Crippen LogP) is 8.40. The lowest BCUT2D eigenvalue weighted by Crippen LogP contribution is -2.34. The molecule has 0 fully saturated rings. The van der Waals surface area contributed by atoms with Gasteiger partial charge in [0.1, 0.15) is 0 Å². The fraction of sp³-hybridized carbons (Fsp3) is 0.182. The van der Waals surface area contributed by atoms with Gasteiger partial charge in [-0.25, -0.2) is 4.79 Å². The number of nitrogens with zero attached hydrogens (tertiary/aromatic N) is 4. The molecule has 1 aliphatic rings. The van der Waals surface area contributed by atoms with Crippen LogP contribution in [0.4, 0.5) is 35.3 Å². The Morgan fingerprint density at radius 3 is 2.37 bits per heavy atom. The number of thiophene rings is 1. The molecule has 2 aromatic heterocycles. The first-order chi connectivity index (χ1) is 22.2. The van der Waals surface area contributed by atoms with E-state index in [0.717, 1.165) is 43.4 Å². The third-order valence-corrected chi connectivity index (χ3v) is 8.26. The summed E-state index contributed by atoms with van der Waals surface area (Å²) in [6.45, 7) is 0.0803. The van der Waals surface area contributed by atoms with Gasteiger partial charge in [-0.05, 0) is 118 Å². The standard InChI is InChI=1S/C33H28F3N7O2S/c34-33(35,36)27-16-26(25-14-15-46-20-25)17-28(18-27)37-32(45)43(29-12-10-23(11-13-29)22-4-2-1-3-5-22)19-21-6-8-24(9-7-21)30(44)38-31-39-41-42-40-31/h4,6-18,20H,1-3,5,19H2,(H,37,45)(H2,38,39,40,41,42,44). The lowest BCUT2D eigenvalue weighted by molar-refractivity contribution is -0.137. The monoisotopic (exact) mass is 643 g/mol. The van der Waals surface area contributed by atoms with Gasteiger partial charge in [0.15, 0.2) is 0 Å². The zero-order chi connectivity index (χ0) is 32.1. The number of anilines is 3. The Morgan fingerprint density at radius 2 is 1.72 bits per heavy atom. The summed E-state index contributed by atoms with van der Waals surface area (Å²) in [4.78, 5) is 27.9. The minimum absolute atomic E-state index is 0.0171. The molecule has 0 bridgehead atoms. The summed E-state index contributed by atoms with van der Waals surface area (Å²) in [7, 11) is 0. The summed E-state index contributed by atoms with van der Waals surface area (Å²) in [5.41, 5.74) is 4.03. The Hall–Kier alpha value is -5.30. The number of H-pyrrole nitrogens is 1. The smallest absolute Gasteiger partial charge is 0.307 e. The van der Waals surface area contributed by atoms with E-state index in [0.29, 0.717) is 27.9 Å². The molecular formula is C33H28F3N7O2S. The molecular weight excluding hydrogens is 615 g/mol. The van der Waals surface area contributed by atoms with E-state index in [1.54, 1.807) is 41.1 Å². The van der Waals surface area contributed by atoms with E-state index >= 15 is 0 Å². The van der Waals surface area contributed by atoms with E-state index in [-0.39, 0.29) is 18.2 Å². The number of alkyl halides is 3. The molecule has 0 radical (unpaired) electrons. The van der Waals surface area contributed by atoms with Crippen molar-refractivity contribution in [2.75, 3.05) is 15.5 Å². The normalized spacial score (nSPS) is 13.2. The van der Waals surface area contributed by atoms with Crippen LogP contribution < -0.4 is 15.5 Å². The Kier molecular flexibility index (Phi) is 8.92. The number of urea groups is 1. The Morgan fingerprint density at radius 1 is 0.913 bits per heavy atom. The first kappa shape index (κ1) is 30.7. The van der Waals surface area contributed by atoms with E-state index in [2.05, 4.69) is 37.3 Å². The molecule has 3 amide bonds. The fourth-order valence-corrected chi connectivity index (χ4v) is 5.88. The van der Waals surface area contributed by atoms with Crippen molar-refractivity contribution in [3.63, 3.8) is 0 Å². The van der Waals surface area contributed by atoms with Crippen molar-refractivity contribution in [2.45, 2.75) is 38.4 Å². The molecule has 0 unspecified atom stereocenters. The van der Waals surface area contributed by atoms with Crippen molar-refractivity contribution in [3.05, 3.63) is 112 Å². The zero-order valence-electron chi connectivity index (χ0n) is 24.3. The van der Waals surface area contributed by atoms with Crippen LogP contribution >= 0.6 is 11.3 Å². The number of halogens is 3. The first-order valence-electron chi connectivity index (χ1n) is 14.5. The molecule has 9 nitrogen and oxygen atoms in total. The van der Waals surface area contributed by atoms with Gasteiger partial charge < -0.3 is 5.32 Å². The molecule has 1 aliphatic carbocycles. The van der Waals surface area contributed by atoms with Crippen LogP contribution in [0, 0.1) is 0 Å². The molecule has 3 N–H and O–H groups in total. The maximum atomic E-state index is 13.9. The van der Waals surface area contributed by atoms with Gasteiger partial charge in [-0.2, -0.15) is 29.7 Å². The lowest BCUT2D eigenvalue weighted by atomic mass is 9.93. The summed E-state index contributed by atoms with van der Waals surface area (Å²) in [5.74, 6) is -0.415. The van der Waals surface area contributed by atoms with Crippen LogP contribution in [0.15, 0.2) is 89.6 Å². The Balaban J connectivity index is 1.28. The number of tetrazole rings is 1. The molecule has 0 spiro atoms. The summed E-state index contributed by atoms with van der Waals surface area (Å²) < 4.78 is 41.6. The highest BCUT2D eigenvalue weighted by molar-refractivity contribution is 7.08. The number of hydrogen-bond acceptors (Lipinski definition) is 6. The Bertz CT molecular complexity index is 1840. The van der Waals surface area contributed by atoms with Crippen molar-refractivity contribution >= 4 is 46.2 Å². The second-order valence-electron chi connectivity index (χ2n) is 10.7. The predicted molar refractivity (Wildman–Crippen MR) is 171 cm³/mol. The van der Waals surface area contributed by atoms with Crippen molar-refractivity contribution in [1.82, 2.24) is 20.6 Å². The van der Waals surface area contributed by atoms with E-state index in [4.69, 9.17) is 0 Å². The van der Waals surface area contributed by atoms with Crippen LogP contribution in [0.2, 0.25) is 0 Å². The van der Waals surface area contributed by atoms with Gasteiger partial charge in [0.25, 0.3) is 11.9 Å². The summed E-state index contributed by atoms with van der Waals surface area (Å²) in [5, 5.41) is 21.8. The molecule has 6 rings (SSSR count). The third kappa shape index (κ3) is 7.32. The second kappa shape index (κ2) is 13.4. The number of nitrogens with one attached hydrogen (secondary N) is 3. The number of allylic oxidation sites excluding steroid dienone is 2. The van der Waals surface area contributed by atoms with Crippen molar-refractivity contribution < 1.29 is 22.8 Å². The van der Waals surface area contributed by atoms with E-state index < -0.39 is 23.7 Å². The van der Waals surface area contributed by atoms with Crippen LogP contribution in [0.3, 0.4) is 0 Å². The molecule has 0 saturated carbocycles. The number of aromatic nitrogens is 4. The van der Waals surface area contributed by atoms with Gasteiger partial charge in [0.2, 0.25) is 0 Å². The van der Waals surface area contributed by atoms with Crippen LogP contribution in [0.5, 0.6) is 0 Å². The van der Waals surface area contributed by atoms with E-state index in [1.807, 2.05) is 24.3 Å². The fourth-order valence-electron chi connectivity index (χ4n) is 5.22. The van der Waals surface area contributed by atoms with Gasteiger partial charge in [-0.1, -0.05) is 35.4 Å². The number of hydrogen-bond donors (Lipinski definition) is 3. The minimum atomic E-state index is -4.60. The van der Waals surface area contributed by atoms with Gasteiger partial charge in [0.05, 0.1) is 12.1 Å². The van der Waals surface area contributed by atoms with Crippen molar-refractivity contribution in [1.29, 1.82) is 0 Å². The first-order valence-corrected chi connectivity index (χ1v) is 15.4. The molecule has 0 atom stereocenters. The average molecular weight is 644 g/mol. The quantitative estimate of drug-likeness (QED) is 0.157. The van der Waals surface area contributed by atoms with Crippen molar-refractivity contribution in [3.8, 4) is 11.1 Å². The van der Waals surface area contributed by atoms with Crippen LogP contribution in [0.25, 0.3) is 16.7 Å². The highest BCUT2D eigenvalue weighted by Gasteiger charge is 2.32. The molecule has 0 saturated heterocycles. The highest BCUT2D eigenvalue weighted by Crippen LogP contribution is 2.36. The molecule has 5 aromatic rings. The van der Waals surface area contributed by atoms with Gasteiger partial charge in [-0.15, -0.1) is 5.10 Å². The number of benzene rings is 3. The SMILES string of the molecule is O=C(Nc1nn[nH]n1)c1ccc(CN(C(=O)Nc2cc(-c3ccsc3)cc(C(F)(F)F)c2)c2ccc(C3=CCCCC3)cc2)cc1. The number of aromatic amines is 1. The molecule has 234 valence electrons. The zero-order valence-corrected chi connectivity index (χ0v) is 25.2. The van der Waals surface area contributed by atoms with Gasteiger partial charge >= 0.3 is 12.2 Å². The highest BCUT2D eigenvalue weighted by atomic mass is 32.1. The molecule has 2 heterocycles. The Labute approximate surface area is 266 Å². The van der Waals surface area contributed by atoms with Crippen LogP contribution in [0.1, 0.15) is 52.7 Å². The molecule has 46 heavy (non-hydrogen) atoms. The van der Waals surface area contributed by atoms with E-state index in [1.165, 1.54) is 27.9 Å². The third-order valence-electron chi connectivity index (χ3n) is 7.58. The molecule has 3 aromatic carbocycles. The van der Waals surface area contributed by atoms with Gasteiger partial charge in [-0.3, -0.25) is 15.0 Å². The van der Waals surface area contributed by atoms with Crippen molar-refractivity contribution in [2.24, 2.45) is 0 Å². The summed E-state index contributed by atoms with van der Waals surface area (Å²) in [6.07, 6.45) is 1.92. The second-order valence-corrected chi connectivity index (χ2v) is 11.5. The lowest BCUT2D eigenvalue weighted by Gasteiger charge is -2.25. The summed E-state index contributed by atoms with van der Waals surface area (Å²) >= 11 is 1.37.